The number of nitrogens with one attached hydrogen (secondary N) is 1. The number of hydrogen-bond acceptors (Lipinski definition) is 2. The molecule has 2 saturated carbocycles. The van der Waals surface area contributed by atoms with Gasteiger partial charge in [-0.3, -0.25) is 0 Å². The van der Waals surface area contributed by atoms with Gasteiger partial charge in [-0.05, 0) is 62.9 Å². The van der Waals surface area contributed by atoms with E-state index in [0.717, 1.165) is 17.9 Å². The van der Waals surface area contributed by atoms with Crippen LogP contribution in [0, 0.1) is 17.3 Å². The largest absolute Gasteiger partial charge is 0.313 e. The third kappa shape index (κ3) is 4.22. The van der Waals surface area contributed by atoms with E-state index in [9.17, 15) is 0 Å². The molecule has 4 unspecified atom stereocenters. The van der Waals surface area contributed by atoms with Crippen LogP contribution in [0.2, 0.25) is 0 Å². The van der Waals surface area contributed by atoms with Crippen molar-refractivity contribution in [3.63, 3.8) is 0 Å². The van der Waals surface area contributed by atoms with Gasteiger partial charge >= 0.3 is 0 Å². The quantitative estimate of drug-likeness (QED) is 0.785. The van der Waals surface area contributed by atoms with Crippen LogP contribution in [0.25, 0.3) is 0 Å². The molecule has 0 aliphatic heterocycles. The number of rotatable bonds is 6. The van der Waals surface area contributed by atoms with E-state index in [1.54, 1.807) is 0 Å². The normalized spacial score (nSPS) is 36.3. The highest BCUT2D eigenvalue weighted by atomic mass is 15.1. The average Bonchev–Trinajstić information content (AvgIpc) is 2.72. The molecule has 0 aromatic carbocycles. The Hall–Kier alpha value is -0.0800. The van der Waals surface area contributed by atoms with Gasteiger partial charge in [0.2, 0.25) is 0 Å². The van der Waals surface area contributed by atoms with Crippen molar-refractivity contribution in [3.05, 3.63) is 0 Å². The smallest absolute Gasteiger partial charge is 0.0159 e. The summed E-state index contributed by atoms with van der Waals surface area (Å²) in [6, 6.07) is 1.54. The maximum Gasteiger partial charge on any atom is 0.0159 e. The summed E-state index contributed by atoms with van der Waals surface area (Å²) in [7, 11) is 2.38. The fraction of sp³-hybridized carbons (Fsp3) is 1.00. The second kappa shape index (κ2) is 7.46. The standard InChI is InChI=1S/C19H38N2/c1-6-13-20-18-16(11-12-19(18,3)4)14-21(5)17-10-8-7-9-15(17)2/h15-18,20H,6-14H2,1-5H3. The Morgan fingerprint density at radius 2 is 1.86 bits per heavy atom. The van der Waals surface area contributed by atoms with E-state index < -0.39 is 0 Å². The van der Waals surface area contributed by atoms with E-state index in [1.807, 2.05) is 0 Å². The SMILES string of the molecule is CCCNC1C(CN(C)C2CCCCC2C)CCC1(C)C. The molecular formula is C19H38N2. The van der Waals surface area contributed by atoms with Gasteiger partial charge in [0.15, 0.2) is 0 Å². The first kappa shape index (κ1) is 17.3. The second-order valence-corrected chi connectivity index (χ2v) is 8.49. The van der Waals surface area contributed by atoms with E-state index >= 15 is 0 Å². The van der Waals surface area contributed by atoms with E-state index in [1.165, 1.54) is 58.0 Å². The van der Waals surface area contributed by atoms with E-state index in [4.69, 9.17) is 0 Å². The van der Waals surface area contributed by atoms with Gasteiger partial charge in [-0.2, -0.15) is 0 Å². The maximum absolute atomic E-state index is 3.86. The molecule has 2 heteroatoms. The van der Waals surface area contributed by atoms with Crippen molar-refractivity contribution < 1.29 is 0 Å². The lowest BCUT2D eigenvalue weighted by molar-refractivity contribution is 0.109. The molecule has 2 nitrogen and oxygen atoms in total. The fourth-order valence-electron chi connectivity index (χ4n) is 4.91. The molecule has 2 fully saturated rings. The molecule has 0 radical (unpaired) electrons. The van der Waals surface area contributed by atoms with Gasteiger partial charge in [-0.1, -0.05) is 40.5 Å². The minimum atomic E-state index is 0.471. The first-order valence-corrected chi connectivity index (χ1v) is 9.39. The summed E-state index contributed by atoms with van der Waals surface area (Å²) in [5.74, 6) is 1.73. The Bertz CT molecular complexity index is 313. The van der Waals surface area contributed by atoms with Gasteiger partial charge in [0.1, 0.15) is 0 Å². The molecule has 2 aliphatic rings. The van der Waals surface area contributed by atoms with Crippen molar-refractivity contribution >= 4 is 0 Å². The zero-order valence-electron chi connectivity index (χ0n) is 15.1. The van der Waals surface area contributed by atoms with Gasteiger partial charge in [0.05, 0.1) is 0 Å². The van der Waals surface area contributed by atoms with E-state index in [0.29, 0.717) is 11.5 Å². The first-order chi connectivity index (χ1) is 9.95. The molecule has 1 N–H and O–H groups in total. The molecule has 0 aromatic heterocycles. The van der Waals surface area contributed by atoms with Gasteiger partial charge in [0, 0.05) is 18.6 Å². The van der Waals surface area contributed by atoms with Crippen molar-refractivity contribution in [1.29, 1.82) is 0 Å². The topological polar surface area (TPSA) is 15.3 Å². The lowest BCUT2D eigenvalue weighted by Crippen LogP contribution is -2.48. The highest BCUT2D eigenvalue weighted by Gasteiger charge is 2.42. The van der Waals surface area contributed by atoms with Gasteiger partial charge in [-0.25, -0.2) is 0 Å². The zero-order valence-corrected chi connectivity index (χ0v) is 15.1. The molecule has 21 heavy (non-hydrogen) atoms. The summed E-state index contributed by atoms with van der Waals surface area (Å²) in [6.45, 7) is 12.1. The molecule has 4 atom stereocenters. The Balaban J connectivity index is 1.93. The van der Waals surface area contributed by atoms with E-state index in [-0.39, 0.29) is 0 Å². The van der Waals surface area contributed by atoms with Crippen LogP contribution < -0.4 is 5.32 Å². The minimum Gasteiger partial charge on any atom is -0.313 e. The van der Waals surface area contributed by atoms with E-state index in [2.05, 4.69) is 45.0 Å². The number of nitrogens with zero attached hydrogens (tertiary/aromatic N) is 1. The molecule has 0 bridgehead atoms. The van der Waals surface area contributed by atoms with Crippen molar-refractivity contribution in [1.82, 2.24) is 10.2 Å². The molecule has 2 rings (SSSR count). The summed E-state index contributed by atoms with van der Waals surface area (Å²) >= 11 is 0. The fourth-order valence-corrected chi connectivity index (χ4v) is 4.91. The van der Waals surface area contributed by atoms with Crippen LogP contribution in [0.5, 0.6) is 0 Å². The monoisotopic (exact) mass is 294 g/mol. The lowest BCUT2D eigenvalue weighted by Gasteiger charge is -2.39. The van der Waals surface area contributed by atoms with Gasteiger partial charge in [0.25, 0.3) is 0 Å². The molecule has 0 spiro atoms. The van der Waals surface area contributed by atoms with Crippen LogP contribution in [0.3, 0.4) is 0 Å². The summed E-state index contributed by atoms with van der Waals surface area (Å²) in [6.07, 6.45) is 9.76. The Kier molecular flexibility index (Phi) is 6.14. The highest BCUT2D eigenvalue weighted by molar-refractivity contribution is 4.97. The van der Waals surface area contributed by atoms with Crippen molar-refractivity contribution in [3.8, 4) is 0 Å². The van der Waals surface area contributed by atoms with Crippen LogP contribution in [0.15, 0.2) is 0 Å². The first-order valence-electron chi connectivity index (χ1n) is 9.39. The van der Waals surface area contributed by atoms with Gasteiger partial charge < -0.3 is 10.2 Å². The predicted molar refractivity (Wildman–Crippen MR) is 92.6 cm³/mol. The van der Waals surface area contributed by atoms with Crippen molar-refractivity contribution in [2.75, 3.05) is 20.1 Å². The minimum absolute atomic E-state index is 0.471. The zero-order chi connectivity index (χ0) is 15.5. The third-order valence-corrected chi connectivity index (χ3v) is 6.24. The maximum atomic E-state index is 3.86. The Morgan fingerprint density at radius 1 is 1.14 bits per heavy atom. The van der Waals surface area contributed by atoms with Crippen LogP contribution in [0.1, 0.15) is 72.6 Å². The van der Waals surface area contributed by atoms with Gasteiger partial charge in [-0.15, -0.1) is 0 Å². The summed E-state index contributed by atoms with van der Waals surface area (Å²) in [5, 5.41) is 3.86. The summed E-state index contributed by atoms with van der Waals surface area (Å²) < 4.78 is 0. The highest BCUT2D eigenvalue weighted by Crippen LogP contribution is 2.42. The third-order valence-electron chi connectivity index (χ3n) is 6.24. The summed E-state index contributed by atoms with van der Waals surface area (Å²) in [4.78, 5) is 2.70. The summed E-state index contributed by atoms with van der Waals surface area (Å²) in [5.41, 5.74) is 0.471. The Labute approximate surface area is 133 Å². The molecule has 0 heterocycles. The molecular weight excluding hydrogens is 256 g/mol. The van der Waals surface area contributed by atoms with Crippen LogP contribution >= 0.6 is 0 Å². The Morgan fingerprint density at radius 3 is 2.52 bits per heavy atom. The van der Waals surface area contributed by atoms with Crippen molar-refractivity contribution in [2.45, 2.75) is 84.7 Å². The number of hydrogen-bond donors (Lipinski definition) is 1. The molecule has 0 aromatic rings. The molecule has 0 amide bonds. The molecule has 2 aliphatic carbocycles. The van der Waals surface area contributed by atoms with Crippen LogP contribution in [-0.2, 0) is 0 Å². The second-order valence-electron chi connectivity index (χ2n) is 8.49. The van der Waals surface area contributed by atoms with Crippen LogP contribution in [-0.4, -0.2) is 37.1 Å². The van der Waals surface area contributed by atoms with Crippen LogP contribution in [0.4, 0.5) is 0 Å². The van der Waals surface area contributed by atoms with Crippen molar-refractivity contribution in [2.24, 2.45) is 17.3 Å². The predicted octanol–water partition coefficient (Wildman–Crippen LogP) is 4.30. The lowest BCUT2D eigenvalue weighted by atomic mass is 9.83. The molecule has 124 valence electrons. The average molecular weight is 295 g/mol. The molecule has 0 saturated heterocycles.